The van der Waals surface area contributed by atoms with Gasteiger partial charge in [0.05, 0.1) is 39.6 Å². The number of alkyl halides is 3. The van der Waals surface area contributed by atoms with Gasteiger partial charge >= 0.3 is 6.18 Å². The van der Waals surface area contributed by atoms with E-state index >= 15 is 0 Å². The summed E-state index contributed by atoms with van der Waals surface area (Å²) in [5.74, 6) is 5.09. The Labute approximate surface area is 444 Å². The summed E-state index contributed by atoms with van der Waals surface area (Å²) in [7, 11) is 0. The van der Waals surface area contributed by atoms with E-state index in [2.05, 4.69) is 24.3 Å². The average Bonchev–Trinajstić information content (AvgIpc) is 4.13. The van der Waals surface area contributed by atoms with Crippen LogP contribution in [0.2, 0.25) is 0 Å². The first-order chi connectivity index (χ1) is 37.3. The summed E-state index contributed by atoms with van der Waals surface area (Å²) < 4.78 is 106. The van der Waals surface area contributed by atoms with Gasteiger partial charge in [-0.1, -0.05) is 67.1 Å². The minimum Gasteiger partial charge on any atom is -0.491 e. The van der Waals surface area contributed by atoms with Crippen LogP contribution in [0.1, 0.15) is 53.5 Å². The fourth-order valence-electron chi connectivity index (χ4n) is 9.15. The molecule has 12 nitrogen and oxygen atoms in total. The minimum absolute atomic E-state index is 0.0203. The second-order valence-corrected chi connectivity index (χ2v) is 17.6. The minimum atomic E-state index is -5.12. The van der Waals surface area contributed by atoms with Crippen LogP contribution in [0.4, 0.5) is 26.3 Å². The Balaban J connectivity index is 0.000000198. The van der Waals surface area contributed by atoms with Crippen LogP contribution >= 0.6 is 0 Å². The second-order valence-electron chi connectivity index (χ2n) is 17.6. The maximum Gasteiger partial charge on any atom is 0.422 e. The van der Waals surface area contributed by atoms with Crippen LogP contribution < -0.4 is 28.4 Å². The number of fused-ring (bicyclic) bond motifs is 2. The van der Waals surface area contributed by atoms with Gasteiger partial charge in [0.2, 0.25) is 0 Å². The molecule has 2 atom stereocenters. The van der Waals surface area contributed by atoms with E-state index < -0.39 is 23.4 Å². The fraction of sp³-hybridized carbons (Fsp3) is 0.356. The monoisotopic (exact) mass is 1080 g/mol. The van der Waals surface area contributed by atoms with Gasteiger partial charge < -0.3 is 59.1 Å². The number of aliphatic hydroxyl groups is 6. The highest BCUT2D eigenvalue weighted by molar-refractivity contribution is 5.70. The van der Waals surface area contributed by atoms with Crippen LogP contribution in [0, 0.1) is 17.7 Å². The van der Waals surface area contributed by atoms with Crippen molar-refractivity contribution in [2.45, 2.75) is 43.7 Å². The zero-order valence-electron chi connectivity index (χ0n) is 42.4. The molecule has 2 unspecified atom stereocenters. The molecular weight excluding hydrogens is 1010 g/mol. The van der Waals surface area contributed by atoms with E-state index in [1.54, 1.807) is 0 Å². The first kappa shape index (κ1) is 61.1. The third kappa shape index (κ3) is 19.3. The Hall–Kier alpha value is -6.80. The molecule has 2 aliphatic rings. The molecule has 0 amide bonds. The molecule has 2 saturated carbocycles. The van der Waals surface area contributed by atoms with Gasteiger partial charge in [0.1, 0.15) is 85.5 Å². The Kier molecular flexibility index (Phi) is 25.4. The summed E-state index contributed by atoms with van der Waals surface area (Å²) >= 11 is 0. The third-order valence-corrected chi connectivity index (χ3v) is 12.4. The van der Waals surface area contributed by atoms with Crippen molar-refractivity contribution < 1.29 is 85.4 Å². The number of aliphatic hydroxyl groups excluding tert-OH is 6. The number of hydrogen-bond acceptors (Lipinski definition) is 12. The van der Waals surface area contributed by atoms with Gasteiger partial charge in [-0.25, -0.2) is 4.39 Å². The van der Waals surface area contributed by atoms with E-state index in [0.29, 0.717) is 38.1 Å². The van der Waals surface area contributed by atoms with Crippen molar-refractivity contribution in [2.75, 3.05) is 79.3 Å². The highest BCUT2D eigenvalue weighted by Crippen LogP contribution is 2.60. The Morgan fingerprint density at radius 2 is 0.753 bits per heavy atom. The number of allylic oxidation sites excluding steroid dienone is 1. The first-order valence-corrected chi connectivity index (χ1v) is 25.1. The zero-order chi connectivity index (χ0) is 55.5. The number of ether oxygens (including phenoxy) is 6. The van der Waals surface area contributed by atoms with Crippen molar-refractivity contribution in [1.29, 1.82) is 0 Å². The Morgan fingerprint density at radius 3 is 1.03 bits per heavy atom. The maximum absolute atomic E-state index is 12.4. The van der Waals surface area contributed by atoms with Crippen molar-refractivity contribution >= 4 is 5.57 Å². The molecule has 0 aromatic heterocycles. The molecule has 0 heterocycles. The molecule has 18 heteroatoms. The fourth-order valence-corrected chi connectivity index (χ4v) is 9.15. The molecule has 2 fully saturated rings. The average molecular weight is 1080 g/mol. The van der Waals surface area contributed by atoms with Gasteiger partial charge in [-0.15, -0.1) is 0 Å². The van der Waals surface area contributed by atoms with E-state index in [4.69, 9.17) is 59.1 Å². The summed E-state index contributed by atoms with van der Waals surface area (Å²) in [4.78, 5) is 0. The molecule has 416 valence electrons. The molecule has 0 radical (unpaired) electrons. The standard InChI is InChI=1S/C23H28O4.C17H20O4.C11H9F5O2.C8H9FO2/c24-11-13-26-21-7-3-18(4-8-21)23(16-17-1-2-20(23)15-17)19-5-9-22(10-6-19)27-14-12-25;18-9-11-20-16-5-1-14(2-6-16)13-15-3-7-17(8-4-15)21-12-10-19;12-10(13)9(11(14,15)16)7-1-3-8(4-2-7)18-6-5-17;9-7-1-3-8(4-2-7)11-6-5-10/h3-10,17,20,24-25H,1-2,11-16H2;1-8,18-19H,9-13H2;1-4,17H,5-6H2;1-4,10H,5-6H2. The summed E-state index contributed by atoms with van der Waals surface area (Å²) in [6.45, 7) is 1.30. The van der Waals surface area contributed by atoms with Gasteiger partial charge in [-0.05, 0) is 150 Å². The lowest BCUT2D eigenvalue weighted by molar-refractivity contribution is -0.0711. The number of hydrogen-bond donors (Lipinski definition) is 6. The molecule has 6 aromatic rings. The van der Waals surface area contributed by atoms with Gasteiger partial charge in [0, 0.05) is 5.41 Å². The maximum atomic E-state index is 12.4. The SMILES string of the molecule is OCCOc1ccc(C(=C(F)F)C(F)(F)F)cc1.OCCOc1ccc(C2(c3ccc(OCCO)cc3)CC3CCC2C3)cc1.OCCOc1ccc(Cc2ccc(OCCO)cc2)cc1.OCCOc1ccc(F)cc1. The smallest absolute Gasteiger partial charge is 0.422 e. The summed E-state index contributed by atoms with van der Waals surface area (Å²) in [6, 6.07) is 42.3. The van der Waals surface area contributed by atoms with E-state index in [9.17, 15) is 26.3 Å². The zero-order valence-corrected chi connectivity index (χ0v) is 42.4. The van der Waals surface area contributed by atoms with Crippen LogP contribution in [0.5, 0.6) is 34.5 Å². The van der Waals surface area contributed by atoms with E-state index in [-0.39, 0.29) is 69.8 Å². The molecule has 0 spiro atoms. The quantitative estimate of drug-likeness (QED) is 0.0336. The lowest BCUT2D eigenvalue weighted by Crippen LogP contribution is -2.34. The highest BCUT2D eigenvalue weighted by Gasteiger charge is 2.52. The summed E-state index contributed by atoms with van der Waals surface area (Å²) in [6.07, 6.45) is -1.92. The molecule has 2 bridgehead atoms. The van der Waals surface area contributed by atoms with Gasteiger partial charge in [0.25, 0.3) is 6.08 Å². The van der Waals surface area contributed by atoms with Crippen LogP contribution in [-0.4, -0.2) is 116 Å². The van der Waals surface area contributed by atoms with Gasteiger partial charge in [0.15, 0.2) is 0 Å². The van der Waals surface area contributed by atoms with Crippen molar-refractivity contribution in [3.8, 4) is 34.5 Å². The van der Waals surface area contributed by atoms with Crippen molar-refractivity contribution in [3.63, 3.8) is 0 Å². The normalized spacial score (nSPS) is 14.8. The largest absolute Gasteiger partial charge is 0.491 e. The van der Waals surface area contributed by atoms with Crippen molar-refractivity contribution in [2.24, 2.45) is 11.8 Å². The molecule has 0 saturated heterocycles. The lowest BCUT2D eigenvalue weighted by atomic mass is 9.64. The molecule has 2 aliphatic carbocycles. The molecule has 0 aliphatic heterocycles. The lowest BCUT2D eigenvalue weighted by Gasteiger charge is -2.39. The van der Waals surface area contributed by atoms with Crippen molar-refractivity contribution in [1.82, 2.24) is 0 Å². The molecule has 6 N–H and O–H groups in total. The summed E-state index contributed by atoms with van der Waals surface area (Å²) in [5, 5.41) is 52.1. The van der Waals surface area contributed by atoms with Crippen LogP contribution in [0.3, 0.4) is 0 Å². The number of rotatable bonds is 23. The van der Waals surface area contributed by atoms with E-state index in [1.807, 2.05) is 72.8 Å². The van der Waals surface area contributed by atoms with Gasteiger partial charge in [-0.2, -0.15) is 22.0 Å². The number of benzene rings is 6. The Bertz CT molecular complexity index is 2490. The van der Waals surface area contributed by atoms with Crippen LogP contribution in [0.25, 0.3) is 5.57 Å². The molecule has 6 aromatic carbocycles. The topological polar surface area (TPSA) is 177 Å². The van der Waals surface area contributed by atoms with Crippen LogP contribution in [-0.2, 0) is 11.8 Å². The predicted octanol–water partition coefficient (Wildman–Crippen LogP) is 9.98. The molecule has 77 heavy (non-hydrogen) atoms. The van der Waals surface area contributed by atoms with Gasteiger partial charge in [-0.3, -0.25) is 0 Å². The summed E-state index contributed by atoms with van der Waals surface area (Å²) in [5.41, 5.74) is 2.56. The molecule has 8 rings (SSSR count). The van der Waals surface area contributed by atoms with E-state index in [1.165, 1.54) is 72.2 Å². The second kappa shape index (κ2) is 32.1. The Morgan fingerprint density at radius 1 is 0.442 bits per heavy atom. The predicted molar refractivity (Wildman–Crippen MR) is 278 cm³/mol. The highest BCUT2D eigenvalue weighted by atomic mass is 19.4. The first-order valence-electron chi connectivity index (χ1n) is 25.1. The van der Waals surface area contributed by atoms with Crippen LogP contribution in [0.15, 0.2) is 152 Å². The molecular formula is C59H66F6O12. The van der Waals surface area contributed by atoms with E-state index in [0.717, 1.165) is 59.6 Å². The number of halogens is 6. The third-order valence-electron chi connectivity index (χ3n) is 12.4. The van der Waals surface area contributed by atoms with Crippen molar-refractivity contribution in [3.05, 3.63) is 185 Å².